The van der Waals surface area contributed by atoms with E-state index in [1.54, 1.807) is 0 Å². The molecule has 7 aromatic carbocycles. The fourth-order valence-corrected chi connectivity index (χ4v) is 8.15. The van der Waals surface area contributed by atoms with Crippen LogP contribution in [-0.4, -0.2) is 6.71 Å². The van der Waals surface area contributed by atoms with Crippen molar-refractivity contribution in [1.29, 1.82) is 0 Å². The van der Waals surface area contributed by atoms with Crippen LogP contribution in [0.4, 0.5) is 17.1 Å². The van der Waals surface area contributed by atoms with Crippen LogP contribution in [0.25, 0.3) is 33.4 Å². The van der Waals surface area contributed by atoms with Crippen molar-refractivity contribution in [2.45, 2.75) is 52.4 Å². The number of fused-ring (bicyclic) bond motifs is 4. The molecule has 0 spiro atoms. The van der Waals surface area contributed by atoms with Crippen LogP contribution in [0.3, 0.4) is 0 Å². The van der Waals surface area contributed by atoms with Gasteiger partial charge in [-0.25, -0.2) is 0 Å². The molecule has 258 valence electrons. The zero-order valence-corrected chi connectivity index (χ0v) is 31.4. The van der Waals surface area contributed by atoms with Gasteiger partial charge in [0.1, 0.15) is 11.5 Å². The van der Waals surface area contributed by atoms with Crippen molar-refractivity contribution in [1.82, 2.24) is 0 Å². The van der Waals surface area contributed by atoms with E-state index in [-0.39, 0.29) is 17.5 Å². The zero-order valence-electron chi connectivity index (χ0n) is 31.4. The van der Waals surface area contributed by atoms with Crippen molar-refractivity contribution in [2.75, 3.05) is 4.90 Å². The van der Waals surface area contributed by atoms with Gasteiger partial charge < -0.3 is 9.64 Å². The smallest absolute Gasteiger partial charge is 0.256 e. The Morgan fingerprint density at radius 3 is 1.62 bits per heavy atom. The number of ether oxygens (including phenoxy) is 1. The van der Waals surface area contributed by atoms with Gasteiger partial charge >= 0.3 is 0 Å². The summed E-state index contributed by atoms with van der Waals surface area (Å²) in [4.78, 5) is 2.49. The zero-order chi connectivity index (χ0) is 36.5. The van der Waals surface area contributed by atoms with Crippen LogP contribution in [-0.2, 0) is 10.8 Å². The molecule has 53 heavy (non-hydrogen) atoms. The molecule has 0 saturated heterocycles. The van der Waals surface area contributed by atoms with Crippen LogP contribution in [0.5, 0.6) is 11.5 Å². The lowest BCUT2D eigenvalue weighted by molar-refractivity contribution is 0.487. The molecule has 0 fully saturated rings. The molecular formula is C50H44BNO. The molecule has 0 aliphatic carbocycles. The van der Waals surface area contributed by atoms with Gasteiger partial charge in [-0.15, -0.1) is 0 Å². The first-order valence-corrected chi connectivity index (χ1v) is 18.8. The Morgan fingerprint density at radius 2 is 0.981 bits per heavy atom. The Kier molecular flexibility index (Phi) is 7.75. The molecule has 3 heteroatoms. The molecule has 2 aliphatic rings. The van der Waals surface area contributed by atoms with E-state index >= 15 is 0 Å². The van der Waals surface area contributed by atoms with Gasteiger partial charge in [-0.1, -0.05) is 163 Å². The molecule has 0 amide bonds. The number of nitrogens with zero attached hydrogens (tertiary/aromatic N) is 1. The summed E-state index contributed by atoms with van der Waals surface area (Å²) in [5.74, 6) is 1.83. The predicted molar refractivity (Wildman–Crippen MR) is 226 cm³/mol. The maximum atomic E-state index is 6.83. The van der Waals surface area contributed by atoms with E-state index in [0.717, 1.165) is 22.9 Å². The van der Waals surface area contributed by atoms with Crippen LogP contribution in [0.2, 0.25) is 0 Å². The Balaban J connectivity index is 1.31. The second kappa shape index (κ2) is 12.4. The van der Waals surface area contributed by atoms with Crippen LogP contribution in [0.1, 0.15) is 52.7 Å². The summed E-state index contributed by atoms with van der Waals surface area (Å²) in [6.07, 6.45) is 0. The van der Waals surface area contributed by atoms with E-state index in [2.05, 4.69) is 204 Å². The van der Waals surface area contributed by atoms with Crippen molar-refractivity contribution >= 4 is 40.2 Å². The number of hydrogen-bond acceptors (Lipinski definition) is 2. The summed E-state index contributed by atoms with van der Waals surface area (Å²) < 4.78 is 6.83. The molecule has 2 heterocycles. The van der Waals surface area contributed by atoms with Gasteiger partial charge in [0.05, 0.1) is 5.69 Å². The molecule has 0 aromatic heterocycles. The molecule has 0 saturated carbocycles. The van der Waals surface area contributed by atoms with E-state index in [4.69, 9.17) is 4.74 Å². The van der Waals surface area contributed by atoms with Crippen LogP contribution in [0.15, 0.2) is 158 Å². The highest BCUT2D eigenvalue weighted by atomic mass is 16.5. The Bertz CT molecular complexity index is 2490. The number of hydrogen-bond donors (Lipinski definition) is 0. The predicted octanol–water partition coefficient (Wildman–Crippen LogP) is 11.7. The second-order valence-corrected chi connectivity index (χ2v) is 16.6. The number of rotatable bonds is 4. The lowest BCUT2D eigenvalue weighted by Gasteiger charge is -2.41. The molecule has 9 rings (SSSR count). The average Bonchev–Trinajstić information content (AvgIpc) is 3.17. The molecule has 2 aliphatic heterocycles. The summed E-state index contributed by atoms with van der Waals surface area (Å²) in [6.45, 7) is 13.7. The highest BCUT2D eigenvalue weighted by molar-refractivity contribution is 6.99. The lowest BCUT2D eigenvalue weighted by atomic mass is 9.34. The summed E-state index contributed by atoms with van der Waals surface area (Å²) in [7, 11) is 0. The standard InChI is InChI=1S/C50H44BNO/c1-49(2,3)38-24-20-35(21-25-38)40-32-39(50(4,5)6)26-28-43(40)52-44-27-22-36(33-14-9-7-10-15-33)30-41(44)51-42-31-37(34-16-11-8-12-17-34)23-29-46(42)53-47-19-13-18-45(52)48(47)51/h7-32H,1-6H3. The van der Waals surface area contributed by atoms with Gasteiger partial charge in [0.2, 0.25) is 0 Å². The summed E-state index contributed by atoms with van der Waals surface area (Å²) >= 11 is 0. The highest BCUT2D eigenvalue weighted by Crippen LogP contribution is 2.46. The number of benzene rings is 7. The molecular weight excluding hydrogens is 641 g/mol. The fourth-order valence-electron chi connectivity index (χ4n) is 8.15. The first-order valence-electron chi connectivity index (χ1n) is 18.8. The summed E-state index contributed by atoms with van der Waals surface area (Å²) in [5, 5.41) is 0. The molecule has 0 bridgehead atoms. The van der Waals surface area contributed by atoms with E-state index in [1.807, 2.05) is 0 Å². The maximum Gasteiger partial charge on any atom is 0.256 e. The van der Waals surface area contributed by atoms with Crippen LogP contribution in [0, 0.1) is 0 Å². The van der Waals surface area contributed by atoms with Crippen molar-refractivity contribution in [3.63, 3.8) is 0 Å². The molecule has 2 nitrogen and oxygen atoms in total. The van der Waals surface area contributed by atoms with Gasteiger partial charge in [0.15, 0.2) is 0 Å². The minimum atomic E-state index is -0.00751. The lowest BCUT2D eigenvalue weighted by Crippen LogP contribution is -2.59. The van der Waals surface area contributed by atoms with Gasteiger partial charge in [-0.3, -0.25) is 0 Å². The topological polar surface area (TPSA) is 12.5 Å². The van der Waals surface area contributed by atoms with Gasteiger partial charge in [0.25, 0.3) is 6.71 Å². The molecule has 0 N–H and O–H groups in total. The van der Waals surface area contributed by atoms with Gasteiger partial charge in [0, 0.05) is 16.9 Å². The monoisotopic (exact) mass is 685 g/mol. The fraction of sp³-hybridized carbons (Fsp3) is 0.160. The minimum absolute atomic E-state index is 0.00591. The summed E-state index contributed by atoms with van der Waals surface area (Å²) in [6, 6.07) is 58.0. The van der Waals surface area contributed by atoms with E-state index in [9.17, 15) is 0 Å². The van der Waals surface area contributed by atoms with Crippen LogP contribution >= 0.6 is 0 Å². The van der Waals surface area contributed by atoms with Gasteiger partial charge in [-0.05, 0) is 103 Å². The largest absolute Gasteiger partial charge is 0.458 e. The molecule has 0 radical (unpaired) electrons. The Morgan fingerprint density at radius 1 is 0.415 bits per heavy atom. The average molecular weight is 686 g/mol. The quantitative estimate of drug-likeness (QED) is 0.171. The number of anilines is 3. The Labute approximate surface area is 314 Å². The Hall–Kier alpha value is -5.80. The van der Waals surface area contributed by atoms with Crippen molar-refractivity contribution < 1.29 is 4.74 Å². The van der Waals surface area contributed by atoms with Gasteiger partial charge in [-0.2, -0.15) is 0 Å². The third kappa shape index (κ3) is 5.76. The van der Waals surface area contributed by atoms with E-state index < -0.39 is 0 Å². The normalized spacial score (nSPS) is 13.2. The first-order chi connectivity index (χ1) is 25.5. The third-order valence-corrected chi connectivity index (χ3v) is 11.1. The molecule has 7 aromatic rings. The van der Waals surface area contributed by atoms with E-state index in [1.165, 1.54) is 66.6 Å². The van der Waals surface area contributed by atoms with Crippen LogP contribution < -0.4 is 26.0 Å². The summed E-state index contributed by atoms with van der Waals surface area (Å²) in [5.41, 5.74) is 17.1. The first kappa shape index (κ1) is 33.1. The third-order valence-electron chi connectivity index (χ3n) is 11.1. The second-order valence-electron chi connectivity index (χ2n) is 16.6. The molecule has 0 unspecified atom stereocenters. The van der Waals surface area contributed by atoms with Crippen molar-refractivity contribution in [3.05, 3.63) is 169 Å². The highest BCUT2D eigenvalue weighted by Gasteiger charge is 2.42. The molecule has 0 atom stereocenters. The van der Waals surface area contributed by atoms with Crippen molar-refractivity contribution in [3.8, 4) is 44.9 Å². The maximum absolute atomic E-state index is 6.83. The van der Waals surface area contributed by atoms with Crippen molar-refractivity contribution in [2.24, 2.45) is 0 Å². The van der Waals surface area contributed by atoms with E-state index in [0.29, 0.717) is 0 Å². The SMILES string of the molecule is CC(C)(C)c1ccc(-c2cc(C(C)(C)C)ccc2N2c3ccc(-c4ccccc4)cc3B3c4cc(-c5ccccc5)ccc4Oc4cccc2c43)cc1. The minimum Gasteiger partial charge on any atom is -0.458 e.